The Kier molecular flexibility index (Phi) is 4.77. The van der Waals surface area contributed by atoms with E-state index < -0.39 is 0 Å². The van der Waals surface area contributed by atoms with Crippen LogP contribution in [0.3, 0.4) is 0 Å². The highest BCUT2D eigenvalue weighted by Crippen LogP contribution is 2.39. The van der Waals surface area contributed by atoms with Gasteiger partial charge in [0.15, 0.2) is 11.5 Å². The van der Waals surface area contributed by atoms with Crippen LogP contribution in [0, 0.1) is 0 Å². The normalized spacial score (nSPS) is 11.4. The molecule has 0 spiro atoms. The van der Waals surface area contributed by atoms with E-state index in [1.807, 2.05) is 6.07 Å². The highest BCUT2D eigenvalue weighted by molar-refractivity contribution is 5.75. The fraction of sp³-hybridized carbons (Fsp3) is 0.368. The van der Waals surface area contributed by atoms with Gasteiger partial charge in [-0.15, -0.1) is 0 Å². The van der Waals surface area contributed by atoms with Crippen LogP contribution in [0.15, 0.2) is 36.4 Å². The fourth-order valence-corrected chi connectivity index (χ4v) is 2.48. The number of rotatable bonds is 4. The molecule has 2 aromatic carbocycles. The SMILES string of the molecule is COc1cc(CO)cc(-c2ccc(C(C)(C)C)cc2)c1OC. The summed E-state index contributed by atoms with van der Waals surface area (Å²) in [7, 11) is 3.23. The molecule has 0 saturated heterocycles. The zero-order valence-electron chi connectivity index (χ0n) is 13.9. The van der Waals surface area contributed by atoms with Crippen LogP contribution in [0.2, 0.25) is 0 Å². The molecule has 0 aliphatic carbocycles. The maximum absolute atomic E-state index is 9.45. The first-order valence-electron chi connectivity index (χ1n) is 7.37. The maximum Gasteiger partial charge on any atom is 0.168 e. The molecule has 1 N–H and O–H groups in total. The predicted molar refractivity (Wildman–Crippen MR) is 89.6 cm³/mol. The van der Waals surface area contributed by atoms with Gasteiger partial charge in [-0.05, 0) is 34.2 Å². The third-order valence-electron chi connectivity index (χ3n) is 3.78. The van der Waals surface area contributed by atoms with Crippen LogP contribution in [0.5, 0.6) is 11.5 Å². The lowest BCUT2D eigenvalue weighted by atomic mass is 9.86. The minimum Gasteiger partial charge on any atom is -0.493 e. The molecule has 118 valence electrons. The summed E-state index contributed by atoms with van der Waals surface area (Å²) in [5, 5.41) is 9.45. The van der Waals surface area contributed by atoms with Crippen molar-refractivity contribution in [2.75, 3.05) is 14.2 Å². The quantitative estimate of drug-likeness (QED) is 0.921. The Morgan fingerprint density at radius 3 is 2.05 bits per heavy atom. The average molecular weight is 300 g/mol. The number of hydrogen-bond acceptors (Lipinski definition) is 3. The Labute approximate surface area is 132 Å². The zero-order valence-corrected chi connectivity index (χ0v) is 13.9. The second-order valence-corrected chi connectivity index (χ2v) is 6.36. The van der Waals surface area contributed by atoms with E-state index >= 15 is 0 Å². The molecule has 3 nitrogen and oxygen atoms in total. The molecule has 0 saturated carbocycles. The average Bonchev–Trinajstić information content (AvgIpc) is 2.52. The first-order chi connectivity index (χ1) is 10.4. The minimum atomic E-state index is -0.0343. The highest BCUT2D eigenvalue weighted by atomic mass is 16.5. The summed E-state index contributed by atoms with van der Waals surface area (Å²) in [6, 6.07) is 12.2. The number of aliphatic hydroxyl groups is 1. The topological polar surface area (TPSA) is 38.7 Å². The van der Waals surface area contributed by atoms with E-state index in [0.29, 0.717) is 11.5 Å². The Morgan fingerprint density at radius 2 is 1.59 bits per heavy atom. The minimum absolute atomic E-state index is 0.0343. The molecule has 0 radical (unpaired) electrons. The Hall–Kier alpha value is -2.00. The summed E-state index contributed by atoms with van der Waals surface area (Å²) in [6.45, 7) is 6.54. The molecule has 2 aromatic rings. The first kappa shape index (κ1) is 16.4. The molecule has 0 amide bonds. The summed E-state index contributed by atoms with van der Waals surface area (Å²) in [5.74, 6) is 1.31. The molecule has 0 aliphatic rings. The van der Waals surface area contributed by atoms with Crippen LogP contribution < -0.4 is 9.47 Å². The van der Waals surface area contributed by atoms with E-state index in [1.54, 1.807) is 20.3 Å². The van der Waals surface area contributed by atoms with Gasteiger partial charge in [0.05, 0.1) is 20.8 Å². The fourth-order valence-electron chi connectivity index (χ4n) is 2.48. The third-order valence-corrected chi connectivity index (χ3v) is 3.78. The van der Waals surface area contributed by atoms with Crippen molar-refractivity contribution in [3.63, 3.8) is 0 Å². The van der Waals surface area contributed by atoms with Crippen LogP contribution in [-0.4, -0.2) is 19.3 Å². The van der Waals surface area contributed by atoms with Gasteiger partial charge < -0.3 is 14.6 Å². The lowest BCUT2D eigenvalue weighted by Crippen LogP contribution is -2.10. The van der Waals surface area contributed by atoms with Gasteiger partial charge in [0.2, 0.25) is 0 Å². The number of ether oxygens (including phenoxy) is 2. The molecule has 2 rings (SSSR count). The summed E-state index contributed by atoms with van der Waals surface area (Å²) < 4.78 is 10.9. The molecule has 22 heavy (non-hydrogen) atoms. The second-order valence-electron chi connectivity index (χ2n) is 6.36. The third kappa shape index (κ3) is 3.25. The summed E-state index contributed by atoms with van der Waals surface area (Å²) in [4.78, 5) is 0. The molecular weight excluding hydrogens is 276 g/mol. The molecule has 0 fully saturated rings. The molecule has 0 aliphatic heterocycles. The van der Waals surface area contributed by atoms with E-state index in [2.05, 4.69) is 45.0 Å². The van der Waals surface area contributed by atoms with E-state index in [0.717, 1.165) is 16.7 Å². The molecule has 0 unspecified atom stereocenters. The van der Waals surface area contributed by atoms with Gasteiger partial charge >= 0.3 is 0 Å². The van der Waals surface area contributed by atoms with Gasteiger partial charge in [0.25, 0.3) is 0 Å². The van der Waals surface area contributed by atoms with Crippen molar-refractivity contribution in [2.45, 2.75) is 32.8 Å². The Balaban J connectivity index is 2.55. The van der Waals surface area contributed by atoms with Crippen molar-refractivity contribution in [1.29, 1.82) is 0 Å². The Bertz CT molecular complexity index is 637. The highest BCUT2D eigenvalue weighted by Gasteiger charge is 2.16. The predicted octanol–water partition coefficient (Wildman–Crippen LogP) is 4.16. The molecule has 0 heterocycles. The van der Waals surface area contributed by atoms with Gasteiger partial charge in [-0.1, -0.05) is 45.0 Å². The summed E-state index contributed by atoms with van der Waals surface area (Å²) in [6.07, 6.45) is 0. The smallest absolute Gasteiger partial charge is 0.168 e. The van der Waals surface area contributed by atoms with Gasteiger partial charge in [-0.3, -0.25) is 0 Å². The number of benzene rings is 2. The van der Waals surface area contributed by atoms with Crippen molar-refractivity contribution in [3.8, 4) is 22.6 Å². The van der Waals surface area contributed by atoms with E-state index in [4.69, 9.17) is 9.47 Å². The van der Waals surface area contributed by atoms with Crippen LogP contribution >= 0.6 is 0 Å². The summed E-state index contributed by atoms with van der Waals surface area (Å²) >= 11 is 0. The van der Waals surface area contributed by atoms with E-state index in [1.165, 1.54) is 5.56 Å². The molecule has 3 heteroatoms. The van der Waals surface area contributed by atoms with Crippen LogP contribution in [0.4, 0.5) is 0 Å². The standard InChI is InChI=1S/C19H24O3/c1-19(2,3)15-8-6-14(7-9-15)16-10-13(12-20)11-17(21-4)18(16)22-5/h6-11,20H,12H2,1-5H3. The van der Waals surface area contributed by atoms with Crippen LogP contribution in [-0.2, 0) is 12.0 Å². The van der Waals surface area contributed by atoms with Gasteiger partial charge in [-0.2, -0.15) is 0 Å². The van der Waals surface area contributed by atoms with E-state index in [9.17, 15) is 5.11 Å². The van der Waals surface area contributed by atoms with Crippen LogP contribution in [0.1, 0.15) is 31.9 Å². The monoisotopic (exact) mass is 300 g/mol. The van der Waals surface area contributed by atoms with Crippen molar-refractivity contribution in [3.05, 3.63) is 47.5 Å². The lowest BCUT2D eigenvalue weighted by molar-refractivity contribution is 0.280. The molecule has 0 atom stereocenters. The van der Waals surface area contributed by atoms with Gasteiger partial charge in [0, 0.05) is 5.56 Å². The van der Waals surface area contributed by atoms with Crippen molar-refractivity contribution in [2.24, 2.45) is 0 Å². The largest absolute Gasteiger partial charge is 0.493 e. The maximum atomic E-state index is 9.45. The number of aliphatic hydroxyl groups excluding tert-OH is 1. The second kappa shape index (κ2) is 6.41. The molecular formula is C19H24O3. The molecule has 0 aromatic heterocycles. The lowest BCUT2D eigenvalue weighted by Gasteiger charge is -2.20. The summed E-state index contributed by atoms with van der Waals surface area (Å²) in [5.41, 5.74) is 4.16. The van der Waals surface area contributed by atoms with Crippen molar-refractivity contribution in [1.82, 2.24) is 0 Å². The number of methoxy groups -OCH3 is 2. The van der Waals surface area contributed by atoms with Gasteiger partial charge in [-0.25, -0.2) is 0 Å². The first-order valence-corrected chi connectivity index (χ1v) is 7.37. The Morgan fingerprint density at radius 1 is 0.955 bits per heavy atom. The van der Waals surface area contributed by atoms with Crippen LogP contribution in [0.25, 0.3) is 11.1 Å². The van der Waals surface area contributed by atoms with Crippen molar-refractivity contribution < 1.29 is 14.6 Å². The van der Waals surface area contributed by atoms with Crippen molar-refractivity contribution >= 4 is 0 Å². The molecule has 0 bridgehead atoms. The van der Waals surface area contributed by atoms with E-state index in [-0.39, 0.29) is 12.0 Å². The number of hydrogen-bond donors (Lipinski definition) is 1. The zero-order chi connectivity index (χ0) is 16.3. The van der Waals surface area contributed by atoms with Gasteiger partial charge in [0.1, 0.15) is 0 Å².